The van der Waals surface area contributed by atoms with Gasteiger partial charge in [-0.3, -0.25) is 9.98 Å². The first-order valence-corrected chi connectivity index (χ1v) is 6.19. The Labute approximate surface area is 92.9 Å². The van der Waals surface area contributed by atoms with E-state index >= 15 is 0 Å². The van der Waals surface area contributed by atoms with Gasteiger partial charge in [0, 0.05) is 17.5 Å². The third-order valence-corrected chi connectivity index (χ3v) is 3.46. The van der Waals surface area contributed by atoms with Crippen molar-refractivity contribution in [3.63, 3.8) is 0 Å². The van der Waals surface area contributed by atoms with Crippen LogP contribution in [0.5, 0.6) is 0 Å². The van der Waals surface area contributed by atoms with E-state index in [0.717, 1.165) is 5.92 Å². The Bertz CT molecular complexity index is 277. The van der Waals surface area contributed by atoms with Gasteiger partial charge in [0.25, 0.3) is 0 Å². The van der Waals surface area contributed by atoms with Crippen LogP contribution in [0.15, 0.2) is 9.98 Å². The predicted octanol–water partition coefficient (Wildman–Crippen LogP) is 3.46. The quantitative estimate of drug-likeness (QED) is 0.627. The van der Waals surface area contributed by atoms with E-state index < -0.39 is 0 Å². The van der Waals surface area contributed by atoms with Gasteiger partial charge in [-0.25, -0.2) is 0 Å². The summed E-state index contributed by atoms with van der Waals surface area (Å²) < 4.78 is 0. The molecule has 2 rings (SSSR count). The van der Waals surface area contributed by atoms with Gasteiger partial charge in [0.2, 0.25) is 0 Å². The molecule has 1 fully saturated rings. The Morgan fingerprint density at radius 1 is 1.13 bits per heavy atom. The van der Waals surface area contributed by atoms with Gasteiger partial charge in [0.05, 0.1) is 5.71 Å². The minimum atomic E-state index is 0.160. The molecule has 2 heteroatoms. The molecule has 0 amide bonds. The van der Waals surface area contributed by atoms with E-state index in [-0.39, 0.29) is 11.6 Å². The van der Waals surface area contributed by atoms with Crippen LogP contribution in [-0.2, 0) is 0 Å². The van der Waals surface area contributed by atoms with Gasteiger partial charge in [0.1, 0.15) is 6.17 Å². The van der Waals surface area contributed by atoms with Crippen LogP contribution in [0, 0.1) is 11.3 Å². The zero-order valence-electron chi connectivity index (χ0n) is 10.2. The normalized spacial score (nSPS) is 28.2. The molecule has 2 aliphatic rings. The molecule has 15 heavy (non-hydrogen) atoms. The summed E-state index contributed by atoms with van der Waals surface area (Å²) in [6.45, 7) is 6.63. The fraction of sp³-hybridized carbons (Fsp3) is 0.846. The highest BCUT2D eigenvalue weighted by Crippen LogP contribution is 2.31. The number of nitrogens with zero attached hydrogens (tertiary/aromatic N) is 2. The molecule has 1 heterocycles. The summed E-state index contributed by atoms with van der Waals surface area (Å²) in [5, 5.41) is 0. The first-order valence-electron chi connectivity index (χ1n) is 6.19. The maximum absolute atomic E-state index is 4.78. The Morgan fingerprint density at radius 3 is 2.33 bits per heavy atom. The van der Waals surface area contributed by atoms with Crippen LogP contribution in [0.2, 0.25) is 0 Å². The van der Waals surface area contributed by atoms with E-state index in [1.807, 2.05) is 6.21 Å². The van der Waals surface area contributed by atoms with Crippen LogP contribution in [0.3, 0.4) is 0 Å². The van der Waals surface area contributed by atoms with Crippen molar-refractivity contribution in [1.82, 2.24) is 0 Å². The zero-order chi connectivity index (χ0) is 10.9. The third kappa shape index (κ3) is 2.47. The summed E-state index contributed by atoms with van der Waals surface area (Å²) >= 11 is 0. The molecule has 84 valence electrons. The van der Waals surface area contributed by atoms with Crippen molar-refractivity contribution in [2.24, 2.45) is 21.3 Å². The second-order valence-corrected chi connectivity index (χ2v) is 5.85. The monoisotopic (exact) mass is 206 g/mol. The second kappa shape index (κ2) is 4.07. The molecule has 0 aromatic carbocycles. The minimum absolute atomic E-state index is 0.160. The smallest absolute Gasteiger partial charge is 0.142 e. The van der Waals surface area contributed by atoms with Crippen molar-refractivity contribution in [3.05, 3.63) is 0 Å². The lowest BCUT2D eigenvalue weighted by molar-refractivity contribution is 0.313. The van der Waals surface area contributed by atoms with Crippen LogP contribution in [0.1, 0.15) is 52.9 Å². The Hall–Kier alpha value is -0.660. The third-order valence-electron chi connectivity index (χ3n) is 3.46. The van der Waals surface area contributed by atoms with Gasteiger partial charge in [0.15, 0.2) is 0 Å². The second-order valence-electron chi connectivity index (χ2n) is 5.85. The minimum Gasteiger partial charge on any atom is -0.264 e. The van der Waals surface area contributed by atoms with Crippen molar-refractivity contribution >= 4 is 11.9 Å². The number of aliphatic imine (C=N–C) groups is 2. The summed E-state index contributed by atoms with van der Waals surface area (Å²) in [4.78, 5) is 9.36. The van der Waals surface area contributed by atoms with Gasteiger partial charge in [-0.05, 0) is 12.8 Å². The van der Waals surface area contributed by atoms with Crippen molar-refractivity contribution < 1.29 is 0 Å². The van der Waals surface area contributed by atoms with Crippen molar-refractivity contribution in [1.29, 1.82) is 0 Å². The Morgan fingerprint density at radius 2 is 1.80 bits per heavy atom. The van der Waals surface area contributed by atoms with E-state index in [4.69, 9.17) is 4.99 Å². The first-order chi connectivity index (χ1) is 7.07. The molecule has 0 bridgehead atoms. The topological polar surface area (TPSA) is 24.7 Å². The average Bonchev–Trinajstić information content (AvgIpc) is 2.67. The highest BCUT2D eigenvalue weighted by atomic mass is 15.1. The SMILES string of the molecule is CC(C)(C)C1=NC(C2CCCCC2)N=C1. The first kappa shape index (κ1) is 10.8. The van der Waals surface area contributed by atoms with Crippen LogP contribution in [0.4, 0.5) is 0 Å². The zero-order valence-corrected chi connectivity index (χ0v) is 10.2. The molecule has 1 atom stereocenters. The molecule has 0 aromatic rings. The average molecular weight is 206 g/mol. The Kier molecular flexibility index (Phi) is 2.94. The summed E-state index contributed by atoms with van der Waals surface area (Å²) in [6, 6.07) is 0. The molecule has 0 aromatic heterocycles. The van der Waals surface area contributed by atoms with Crippen LogP contribution < -0.4 is 0 Å². The molecule has 2 nitrogen and oxygen atoms in total. The summed E-state index contributed by atoms with van der Waals surface area (Å²) in [7, 11) is 0. The van der Waals surface area contributed by atoms with Gasteiger partial charge in [-0.2, -0.15) is 0 Å². The van der Waals surface area contributed by atoms with E-state index in [1.165, 1.54) is 37.8 Å². The van der Waals surface area contributed by atoms with E-state index in [9.17, 15) is 0 Å². The maximum Gasteiger partial charge on any atom is 0.142 e. The fourth-order valence-corrected chi connectivity index (χ4v) is 2.40. The maximum atomic E-state index is 4.78. The molecule has 1 unspecified atom stereocenters. The van der Waals surface area contributed by atoms with Gasteiger partial charge >= 0.3 is 0 Å². The van der Waals surface area contributed by atoms with Crippen LogP contribution in [0.25, 0.3) is 0 Å². The lowest BCUT2D eigenvalue weighted by atomic mass is 9.87. The molecule has 1 aliphatic carbocycles. The molecule has 0 N–H and O–H groups in total. The summed E-state index contributed by atoms with van der Waals surface area (Å²) in [6.07, 6.45) is 9.04. The molecule has 1 saturated carbocycles. The van der Waals surface area contributed by atoms with Crippen molar-refractivity contribution in [3.8, 4) is 0 Å². The van der Waals surface area contributed by atoms with Crippen molar-refractivity contribution in [2.45, 2.75) is 59.0 Å². The number of rotatable bonds is 1. The predicted molar refractivity (Wildman–Crippen MR) is 65.7 cm³/mol. The van der Waals surface area contributed by atoms with Crippen LogP contribution in [-0.4, -0.2) is 18.1 Å². The van der Waals surface area contributed by atoms with Crippen LogP contribution >= 0.6 is 0 Å². The van der Waals surface area contributed by atoms with Gasteiger partial charge in [-0.15, -0.1) is 0 Å². The summed E-state index contributed by atoms with van der Waals surface area (Å²) in [5.41, 5.74) is 1.34. The number of hydrogen-bond acceptors (Lipinski definition) is 2. The van der Waals surface area contributed by atoms with E-state index in [0.29, 0.717) is 0 Å². The highest BCUT2D eigenvalue weighted by molar-refractivity contribution is 6.33. The van der Waals surface area contributed by atoms with Crippen molar-refractivity contribution in [2.75, 3.05) is 0 Å². The largest absolute Gasteiger partial charge is 0.264 e. The lowest BCUT2D eigenvalue weighted by Crippen LogP contribution is -2.21. The van der Waals surface area contributed by atoms with E-state index in [2.05, 4.69) is 25.8 Å². The molecular formula is C13H22N2. The molecule has 0 spiro atoms. The fourth-order valence-electron chi connectivity index (χ4n) is 2.40. The molecule has 1 aliphatic heterocycles. The Balaban J connectivity index is 2.02. The van der Waals surface area contributed by atoms with Gasteiger partial charge in [-0.1, -0.05) is 40.0 Å². The summed E-state index contributed by atoms with van der Waals surface area (Å²) in [5.74, 6) is 0.717. The lowest BCUT2D eigenvalue weighted by Gasteiger charge is -2.24. The molecule has 0 radical (unpaired) electrons. The molecule has 0 saturated heterocycles. The molecular weight excluding hydrogens is 184 g/mol. The highest BCUT2D eigenvalue weighted by Gasteiger charge is 2.28. The van der Waals surface area contributed by atoms with Gasteiger partial charge < -0.3 is 0 Å². The number of hydrogen-bond donors (Lipinski definition) is 0. The van der Waals surface area contributed by atoms with E-state index in [1.54, 1.807) is 0 Å². The standard InChI is InChI=1S/C13H22N2/c1-13(2,3)11-9-14-12(15-11)10-7-5-4-6-8-10/h9-10,12H,4-8H2,1-3H3.